The zero-order valence-corrected chi connectivity index (χ0v) is 14.8. The third-order valence-corrected chi connectivity index (χ3v) is 4.83. The Morgan fingerprint density at radius 3 is 2.50 bits per heavy atom. The topological polar surface area (TPSA) is 24.9 Å². The van der Waals surface area contributed by atoms with Crippen LogP contribution in [0.1, 0.15) is 31.9 Å². The van der Waals surface area contributed by atoms with E-state index >= 15 is 0 Å². The van der Waals surface area contributed by atoms with Gasteiger partial charge >= 0.3 is 6.61 Å². The number of alkyl halides is 2. The Labute approximate surface area is 143 Å². The summed E-state index contributed by atoms with van der Waals surface area (Å²) in [4.78, 5) is 4.95. The van der Waals surface area contributed by atoms with Crippen LogP contribution in [0.2, 0.25) is 0 Å². The van der Waals surface area contributed by atoms with E-state index in [1.807, 2.05) is 12.1 Å². The van der Waals surface area contributed by atoms with Crippen molar-refractivity contribution in [3.8, 4) is 5.75 Å². The molecular weight excluding hydrogens is 314 g/mol. The fourth-order valence-electron chi connectivity index (χ4n) is 3.30. The van der Waals surface area contributed by atoms with Gasteiger partial charge in [-0.15, -0.1) is 0 Å². The van der Waals surface area contributed by atoms with Gasteiger partial charge < -0.3 is 9.47 Å². The highest BCUT2D eigenvalue weighted by Crippen LogP contribution is 2.26. The minimum absolute atomic E-state index is 0.205. The van der Waals surface area contributed by atoms with Crippen molar-refractivity contribution in [1.82, 2.24) is 9.80 Å². The molecule has 136 valence electrons. The molecule has 0 saturated carbocycles. The van der Waals surface area contributed by atoms with E-state index < -0.39 is 6.61 Å². The molecule has 0 amide bonds. The molecule has 0 aromatic heterocycles. The average molecular weight is 342 g/mol. The summed E-state index contributed by atoms with van der Waals surface area (Å²) in [5.41, 5.74) is 1.12. The van der Waals surface area contributed by atoms with Gasteiger partial charge in [-0.3, -0.25) is 9.80 Å². The standard InChI is InChI=1S/C18H28F2N2O2/c1-4-16-13-22(10-9-21(16)11-12-23-3)14(2)15-5-7-17(8-6-15)24-18(19)20/h5-8,14,16,18H,4,9-13H2,1-3H3. The van der Waals surface area contributed by atoms with Crippen LogP contribution in [0.15, 0.2) is 24.3 Å². The van der Waals surface area contributed by atoms with E-state index in [-0.39, 0.29) is 11.8 Å². The molecule has 0 aliphatic carbocycles. The van der Waals surface area contributed by atoms with Gasteiger partial charge in [0.1, 0.15) is 5.75 Å². The molecule has 2 atom stereocenters. The average Bonchev–Trinajstić information content (AvgIpc) is 2.59. The Bertz CT molecular complexity index is 484. The number of piperazine rings is 1. The predicted octanol–water partition coefficient (Wildman–Crippen LogP) is 3.39. The Hall–Kier alpha value is -1.24. The molecule has 1 aliphatic heterocycles. The van der Waals surface area contributed by atoms with Crippen LogP contribution in [0.5, 0.6) is 5.75 Å². The quantitative estimate of drug-likeness (QED) is 0.723. The van der Waals surface area contributed by atoms with Crippen molar-refractivity contribution >= 4 is 0 Å². The Morgan fingerprint density at radius 2 is 1.92 bits per heavy atom. The fourth-order valence-corrected chi connectivity index (χ4v) is 3.30. The molecule has 2 unspecified atom stereocenters. The summed E-state index contributed by atoms with van der Waals surface area (Å²) < 4.78 is 34.1. The van der Waals surface area contributed by atoms with Crippen molar-refractivity contribution in [2.45, 2.75) is 39.0 Å². The van der Waals surface area contributed by atoms with Crippen LogP contribution in [-0.4, -0.2) is 62.3 Å². The van der Waals surface area contributed by atoms with Gasteiger partial charge in [-0.1, -0.05) is 19.1 Å². The minimum atomic E-state index is -2.78. The number of hydrogen-bond donors (Lipinski definition) is 0. The van der Waals surface area contributed by atoms with Gasteiger partial charge in [0.2, 0.25) is 0 Å². The number of benzene rings is 1. The van der Waals surface area contributed by atoms with Crippen LogP contribution in [-0.2, 0) is 4.74 Å². The van der Waals surface area contributed by atoms with E-state index in [0.717, 1.165) is 44.8 Å². The Kier molecular flexibility index (Phi) is 7.40. The first-order valence-electron chi connectivity index (χ1n) is 8.57. The van der Waals surface area contributed by atoms with E-state index in [4.69, 9.17) is 4.74 Å². The number of halogens is 2. The van der Waals surface area contributed by atoms with Crippen LogP contribution in [0.25, 0.3) is 0 Å². The van der Waals surface area contributed by atoms with Crippen molar-refractivity contribution in [3.63, 3.8) is 0 Å². The summed E-state index contributed by atoms with van der Waals surface area (Å²) in [6.45, 7) is 6.37. The molecule has 1 saturated heterocycles. The smallest absolute Gasteiger partial charge is 0.387 e. The second-order valence-corrected chi connectivity index (χ2v) is 6.21. The summed E-state index contributed by atoms with van der Waals surface area (Å²) >= 11 is 0. The monoisotopic (exact) mass is 342 g/mol. The molecule has 1 aromatic carbocycles. The first kappa shape index (κ1) is 19.1. The molecule has 1 aliphatic rings. The minimum Gasteiger partial charge on any atom is -0.435 e. The van der Waals surface area contributed by atoms with E-state index in [9.17, 15) is 8.78 Å². The largest absolute Gasteiger partial charge is 0.435 e. The highest BCUT2D eigenvalue weighted by molar-refractivity contribution is 5.29. The van der Waals surface area contributed by atoms with Crippen LogP contribution in [0.3, 0.4) is 0 Å². The predicted molar refractivity (Wildman–Crippen MR) is 90.6 cm³/mol. The Morgan fingerprint density at radius 1 is 1.21 bits per heavy atom. The van der Waals surface area contributed by atoms with Crippen molar-refractivity contribution < 1.29 is 18.3 Å². The second-order valence-electron chi connectivity index (χ2n) is 6.21. The summed E-state index contributed by atoms with van der Waals surface area (Å²) in [7, 11) is 1.74. The van der Waals surface area contributed by atoms with E-state index in [1.165, 1.54) is 0 Å². The summed E-state index contributed by atoms with van der Waals surface area (Å²) in [6, 6.07) is 7.76. The van der Waals surface area contributed by atoms with Gasteiger partial charge in [-0.25, -0.2) is 0 Å². The first-order valence-corrected chi connectivity index (χ1v) is 8.57. The molecule has 1 aromatic rings. The highest BCUT2D eigenvalue weighted by atomic mass is 19.3. The van der Waals surface area contributed by atoms with Gasteiger partial charge in [0, 0.05) is 45.4 Å². The van der Waals surface area contributed by atoms with Crippen molar-refractivity contribution in [1.29, 1.82) is 0 Å². The number of methoxy groups -OCH3 is 1. The molecule has 6 heteroatoms. The number of nitrogens with zero attached hydrogens (tertiary/aromatic N) is 2. The first-order chi connectivity index (χ1) is 11.5. The summed E-state index contributed by atoms with van der Waals surface area (Å²) in [5, 5.41) is 0. The third kappa shape index (κ3) is 5.13. The molecule has 0 N–H and O–H groups in total. The van der Waals surface area contributed by atoms with Gasteiger partial charge in [0.15, 0.2) is 0 Å². The van der Waals surface area contributed by atoms with Gasteiger partial charge in [0.25, 0.3) is 0 Å². The van der Waals surface area contributed by atoms with Crippen molar-refractivity contribution in [3.05, 3.63) is 29.8 Å². The molecule has 24 heavy (non-hydrogen) atoms. The zero-order valence-electron chi connectivity index (χ0n) is 14.8. The SMILES string of the molecule is CCC1CN(C(C)c2ccc(OC(F)F)cc2)CCN1CCOC. The molecule has 2 rings (SSSR count). The summed E-state index contributed by atoms with van der Waals surface area (Å²) in [5.74, 6) is 0.205. The highest BCUT2D eigenvalue weighted by Gasteiger charge is 2.28. The zero-order chi connectivity index (χ0) is 17.5. The van der Waals surface area contributed by atoms with Gasteiger partial charge in [-0.05, 0) is 31.0 Å². The van der Waals surface area contributed by atoms with Crippen molar-refractivity contribution in [2.24, 2.45) is 0 Å². The third-order valence-electron chi connectivity index (χ3n) is 4.83. The second kappa shape index (κ2) is 9.30. The maximum absolute atomic E-state index is 12.2. The van der Waals surface area contributed by atoms with Crippen LogP contribution >= 0.6 is 0 Å². The lowest BCUT2D eigenvalue weighted by Gasteiger charge is -2.43. The van der Waals surface area contributed by atoms with E-state index in [0.29, 0.717) is 6.04 Å². The molecule has 0 spiro atoms. The molecular formula is C18H28F2N2O2. The maximum atomic E-state index is 12.2. The number of hydrogen-bond acceptors (Lipinski definition) is 4. The van der Waals surface area contributed by atoms with Gasteiger partial charge in [0.05, 0.1) is 6.61 Å². The van der Waals surface area contributed by atoms with Crippen molar-refractivity contribution in [2.75, 3.05) is 39.9 Å². The summed E-state index contributed by atoms with van der Waals surface area (Å²) in [6.07, 6.45) is 1.11. The lowest BCUT2D eigenvalue weighted by molar-refractivity contribution is -0.0498. The number of ether oxygens (including phenoxy) is 2. The molecule has 4 nitrogen and oxygen atoms in total. The molecule has 1 fully saturated rings. The Balaban J connectivity index is 1.96. The van der Waals surface area contributed by atoms with E-state index in [2.05, 4.69) is 28.4 Å². The normalized spacial score (nSPS) is 21.2. The maximum Gasteiger partial charge on any atom is 0.387 e. The molecule has 0 bridgehead atoms. The number of rotatable bonds is 8. The van der Waals surface area contributed by atoms with Crippen LogP contribution < -0.4 is 4.74 Å². The lowest BCUT2D eigenvalue weighted by atomic mass is 10.0. The molecule has 0 radical (unpaired) electrons. The van der Waals surface area contributed by atoms with Gasteiger partial charge in [-0.2, -0.15) is 8.78 Å². The fraction of sp³-hybridized carbons (Fsp3) is 0.667. The van der Waals surface area contributed by atoms with E-state index in [1.54, 1.807) is 19.2 Å². The molecule has 1 heterocycles. The lowest BCUT2D eigenvalue weighted by Crippen LogP contribution is -2.54. The van der Waals surface area contributed by atoms with Crippen LogP contribution in [0, 0.1) is 0 Å². The van der Waals surface area contributed by atoms with Crippen LogP contribution in [0.4, 0.5) is 8.78 Å².